The first-order valence-corrected chi connectivity index (χ1v) is 12.3. The Kier molecular flexibility index (Phi) is 6.08. The average Bonchev–Trinajstić information content (AvgIpc) is 2.94. The molecule has 1 saturated heterocycles. The lowest BCUT2D eigenvalue weighted by Gasteiger charge is -2.34. The number of hydrogen-bond acceptors (Lipinski definition) is 6. The van der Waals surface area contributed by atoms with E-state index in [1.807, 2.05) is 0 Å². The van der Waals surface area contributed by atoms with Crippen LogP contribution in [0.4, 0.5) is 8.78 Å². The smallest absolute Gasteiger partial charge is 0.262 e. The summed E-state index contributed by atoms with van der Waals surface area (Å²) in [5.41, 5.74) is 1.04. The summed E-state index contributed by atoms with van der Waals surface area (Å²) in [6.45, 7) is 0.109. The molecule has 0 aromatic heterocycles. The third-order valence-corrected chi connectivity index (χ3v) is 7.65. The Morgan fingerprint density at radius 2 is 1.79 bits per heavy atom. The Hall–Kier alpha value is -2.73. The van der Waals surface area contributed by atoms with Crippen LogP contribution in [-0.2, 0) is 26.0 Å². The Labute approximate surface area is 188 Å². The Morgan fingerprint density at radius 3 is 2.45 bits per heavy atom. The number of hydrogen-bond donors (Lipinski definition) is 2. The number of sulfonamides is 1. The Bertz CT molecular complexity index is 1130. The van der Waals surface area contributed by atoms with Crippen LogP contribution in [0.15, 0.2) is 18.2 Å². The van der Waals surface area contributed by atoms with Crippen LogP contribution in [0.2, 0.25) is 0 Å². The van der Waals surface area contributed by atoms with Gasteiger partial charge in [-0.3, -0.25) is 29.4 Å². The maximum absolute atomic E-state index is 12.9. The highest BCUT2D eigenvalue weighted by Gasteiger charge is 2.47. The summed E-state index contributed by atoms with van der Waals surface area (Å²) in [7, 11) is -3.65. The predicted octanol–water partition coefficient (Wildman–Crippen LogP) is 0.985. The van der Waals surface area contributed by atoms with Crippen LogP contribution in [0.1, 0.15) is 58.4 Å². The second-order valence-electron chi connectivity index (χ2n) is 8.74. The predicted molar refractivity (Wildman–Crippen MR) is 111 cm³/mol. The van der Waals surface area contributed by atoms with Gasteiger partial charge in [0.15, 0.2) is 0 Å². The van der Waals surface area contributed by atoms with Gasteiger partial charge in [-0.15, -0.1) is 0 Å². The normalized spacial score (nSPS) is 22.8. The van der Waals surface area contributed by atoms with Crippen LogP contribution in [0.5, 0.6) is 0 Å². The van der Waals surface area contributed by atoms with E-state index in [-0.39, 0.29) is 36.3 Å². The van der Waals surface area contributed by atoms with Crippen molar-refractivity contribution in [3.05, 3.63) is 34.9 Å². The van der Waals surface area contributed by atoms with Crippen molar-refractivity contribution in [3.8, 4) is 0 Å². The number of fused-ring (bicyclic) bond motifs is 1. The molecule has 33 heavy (non-hydrogen) atoms. The first-order valence-electron chi connectivity index (χ1n) is 10.7. The van der Waals surface area contributed by atoms with Crippen LogP contribution in [0, 0.1) is 5.92 Å². The SMILES string of the molecule is O=C1CCC(N2C(=O)c3ccc(CCCNS(=O)(=O)CC4CC(F)(F)C4)cc3C2=O)C(=O)N1. The average molecular weight is 483 g/mol. The molecule has 1 aromatic rings. The molecule has 4 amide bonds. The molecule has 1 atom stereocenters. The molecule has 1 aliphatic carbocycles. The monoisotopic (exact) mass is 483 g/mol. The summed E-state index contributed by atoms with van der Waals surface area (Å²) in [4.78, 5) is 49.9. The second-order valence-corrected chi connectivity index (χ2v) is 10.6. The lowest BCUT2D eigenvalue weighted by Crippen LogP contribution is -2.54. The summed E-state index contributed by atoms with van der Waals surface area (Å²) in [6.07, 6.45) is 0.0993. The number of alkyl halides is 2. The molecule has 3 aliphatic rings. The zero-order valence-electron chi connectivity index (χ0n) is 17.6. The zero-order chi connectivity index (χ0) is 24.0. The van der Waals surface area contributed by atoms with Crippen molar-refractivity contribution in [1.29, 1.82) is 0 Å². The minimum absolute atomic E-state index is 0.0359. The Morgan fingerprint density at radius 1 is 1.09 bits per heavy atom. The van der Waals surface area contributed by atoms with E-state index in [2.05, 4.69) is 10.0 Å². The van der Waals surface area contributed by atoms with Gasteiger partial charge in [0.05, 0.1) is 16.9 Å². The highest BCUT2D eigenvalue weighted by atomic mass is 32.2. The summed E-state index contributed by atoms with van der Waals surface area (Å²) in [5, 5.41) is 2.14. The maximum atomic E-state index is 12.9. The van der Waals surface area contributed by atoms with E-state index >= 15 is 0 Å². The van der Waals surface area contributed by atoms with Crippen molar-refractivity contribution in [2.45, 2.75) is 50.5 Å². The topological polar surface area (TPSA) is 130 Å². The van der Waals surface area contributed by atoms with Crippen LogP contribution < -0.4 is 10.0 Å². The van der Waals surface area contributed by atoms with Gasteiger partial charge < -0.3 is 0 Å². The van der Waals surface area contributed by atoms with E-state index in [9.17, 15) is 36.4 Å². The summed E-state index contributed by atoms with van der Waals surface area (Å²) in [6, 6.07) is 3.66. The number of imide groups is 2. The molecule has 0 radical (unpaired) electrons. The molecule has 178 valence electrons. The third kappa shape index (κ3) is 4.96. The molecule has 9 nitrogen and oxygen atoms in total. The number of halogens is 2. The molecule has 1 saturated carbocycles. The molecule has 0 bridgehead atoms. The number of nitrogens with one attached hydrogen (secondary N) is 2. The highest BCUT2D eigenvalue weighted by Crippen LogP contribution is 2.42. The number of amides is 4. The number of carbonyl (C=O) groups is 4. The molecule has 2 heterocycles. The number of aryl methyl sites for hydroxylation is 1. The molecule has 0 spiro atoms. The quantitative estimate of drug-likeness (QED) is 0.419. The van der Waals surface area contributed by atoms with Crippen molar-refractivity contribution < 1.29 is 36.4 Å². The van der Waals surface area contributed by atoms with E-state index in [0.29, 0.717) is 18.4 Å². The van der Waals surface area contributed by atoms with E-state index < -0.39 is 64.4 Å². The molecule has 12 heteroatoms. The molecule has 2 fully saturated rings. The fraction of sp³-hybridized carbons (Fsp3) is 0.524. The first-order chi connectivity index (χ1) is 15.5. The highest BCUT2D eigenvalue weighted by molar-refractivity contribution is 7.89. The van der Waals surface area contributed by atoms with Gasteiger partial charge in [0.25, 0.3) is 11.8 Å². The minimum Gasteiger partial charge on any atom is -0.295 e. The number of piperidine rings is 1. The third-order valence-electron chi connectivity index (χ3n) is 6.10. The number of benzene rings is 1. The molecule has 1 unspecified atom stereocenters. The van der Waals surface area contributed by atoms with E-state index in [1.54, 1.807) is 12.1 Å². The molecular weight excluding hydrogens is 460 g/mol. The molecule has 2 aliphatic heterocycles. The number of carbonyl (C=O) groups excluding carboxylic acids is 4. The lowest BCUT2D eigenvalue weighted by molar-refractivity contribution is -0.136. The van der Waals surface area contributed by atoms with Crippen molar-refractivity contribution in [2.75, 3.05) is 12.3 Å². The maximum Gasteiger partial charge on any atom is 0.262 e. The van der Waals surface area contributed by atoms with Gasteiger partial charge in [0.2, 0.25) is 27.8 Å². The minimum atomic E-state index is -3.65. The Balaban J connectivity index is 1.32. The molecular formula is C21H23F2N3O6S. The lowest BCUT2D eigenvalue weighted by atomic mass is 9.83. The fourth-order valence-corrected chi connectivity index (χ4v) is 5.90. The fourth-order valence-electron chi connectivity index (χ4n) is 4.47. The number of nitrogens with zero attached hydrogens (tertiary/aromatic N) is 1. The van der Waals surface area contributed by atoms with Gasteiger partial charge in [-0.05, 0) is 42.9 Å². The van der Waals surface area contributed by atoms with E-state index in [0.717, 1.165) is 4.90 Å². The van der Waals surface area contributed by atoms with Crippen molar-refractivity contribution in [2.24, 2.45) is 5.92 Å². The number of rotatable bonds is 8. The summed E-state index contributed by atoms with van der Waals surface area (Å²) < 4.78 is 52.2. The largest absolute Gasteiger partial charge is 0.295 e. The van der Waals surface area contributed by atoms with Gasteiger partial charge in [-0.25, -0.2) is 21.9 Å². The van der Waals surface area contributed by atoms with Crippen LogP contribution >= 0.6 is 0 Å². The van der Waals surface area contributed by atoms with Gasteiger partial charge in [0, 0.05) is 25.8 Å². The van der Waals surface area contributed by atoms with E-state index in [1.165, 1.54) is 6.07 Å². The van der Waals surface area contributed by atoms with Crippen molar-refractivity contribution >= 4 is 33.7 Å². The first kappa shape index (κ1) is 23.4. The summed E-state index contributed by atoms with van der Waals surface area (Å²) in [5.74, 6) is -5.95. The summed E-state index contributed by atoms with van der Waals surface area (Å²) >= 11 is 0. The standard InChI is InChI=1S/C21H23F2N3O6S/c22-21(23)9-13(10-21)11-33(31,32)24-7-1-2-12-3-4-14-15(8-12)20(30)26(19(14)29)16-5-6-17(27)25-18(16)28/h3-4,8,13,16,24H,1-2,5-7,9-11H2,(H,25,27,28). The molecule has 1 aromatic carbocycles. The van der Waals surface area contributed by atoms with Crippen LogP contribution in [-0.4, -0.2) is 61.2 Å². The van der Waals surface area contributed by atoms with Gasteiger partial charge in [0.1, 0.15) is 6.04 Å². The van der Waals surface area contributed by atoms with Crippen LogP contribution in [0.25, 0.3) is 0 Å². The van der Waals surface area contributed by atoms with Crippen LogP contribution in [0.3, 0.4) is 0 Å². The molecule has 2 N–H and O–H groups in total. The zero-order valence-corrected chi connectivity index (χ0v) is 18.4. The van der Waals surface area contributed by atoms with Gasteiger partial charge in [-0.1, -0.05) is 6.07 Å². The van der Waals surface area contributed by atoms with Gasteiger partial charge in [-0.2, -0.15) is 0 Å². The second kappa shape index (κ2) is 8.56. The van der Waals surface area contributed by atoms with Gasteiger partial charge >= 0.3 is 0 Å². The molecule has 4 rings (SSSR count). The van der Waals surface area contributed by atoms with E-state index in [4.69, 9.17) is 0 Å². The van der Waals surface area contributed by atoms with Crippen molar-refractivity contribution in [1.82, 2.24) is 14.9 Å². The van der Waals surface area contributed by atoms with Crippen molar-refractivity contribution in [3.63, 3.8) is 0 Å².